The molecule has 5 nitrogen and oxygen atoms in total. The molecule has 0 bridgehead atoms. The van der Waals surface area contributed by atoms with Gasteiger partial charge in [-0.1, -0.05) is 18.2 Å². The fourth-order valence-corrected chi connectivity index (χ4v) is 2.85. The van der Waals surface area contributed by atoms with E-state index in [-0.39, 0.29) is 23.6 Å². The monoisotopic (exact) mass is 332 g/mol. The molecule has 0 spiro atoms. The normalized spacial score (nSPS) is 10.3. The van der Waals surface area contributed by atoms with Crippen LogP contribution in [0.2, 0.25) is 0 Å². The molecule has 6 heteroatoms. The van der Waals surface area contributed by atoms with Crippen LogP contribution in [0, 0.1) is 6.92 Å². The summed E-state index contributed by atoms with van der Waals surface area (Å²) in [6.45, 7) is 2.55. The number of amides is 1. The van der Waals surface area contributed by atoms with Gasteiger partial charge >= 0.3 is 0 Å². The van der Waals surface area contributed by atoms with Gasteiger partial charge in [0.2, 0.25) is 11.3 Å². The van der Waals surface area contributed by atoms with Gasteiger partial charge in [0.15, 0.2) is 5.75 Å². The SMILES string of the molecule is COc1cn(CC(=O)NCCSc2ccccc2)c(C)cc1=O. The van der Waals surface area contributed by atoms with Crippen molar-refractivity contribution in [3.05, 3.63) is 58.5 Å². The van der Waals surface area contributed by atoms with Crippen LogP contribution in [-0.4, -0.2) is 29.9 Å². The lowest BCUT2D eigenvalue weighted by molar-refractivity contribution is -0.121. The number of nitrogens with zero attached hydrogens (tertiary/aromatic N) is 1. The Morgan fingerprint density at radius 2 is 2.04 bits per heavy atom. The summed E-state index contributed by atoms with van der Waals surface area (Å²) in [6, 6.07) is 11.5. The van der Waals surface area contributed by atoms with Crippen molar-refractivity contribution in [3.63, 3.8) is 0 Å². The molecule has 0 saturated carbocycles. The second-order valence-corrected chi connectivity index (χ2v) is 6.16. The maximum absolute atomic E-state index is 12.0. The van der Waals surface area contributed by atoms with Crippen LogP contribution in [0.1, 0.15) is 5.69 Å². The lowest BCUT2D eigenvalue weighted by Gasteiger charge is -2.12. The molecule has 122 valence electrons. The van der Waals surface area contributed by atoms with Crippen LogP contribution in [0.15, 0.2) is 52.3 Å². The van der Waals surface area contributed by atoms with E-state index in [1.54, 1.807) is 29.4 Å². The van der Waals surface area contributed by atoms with Crippen LogP contribution < -0.4 is 15.5 Å². The van der Waals surface area contributed by atoms with Crippen LogP contribution in [0.4, 0.5) is 0 Å². The Morgan fingerprint density at radius 3 is 2.74 bits per heavy atom. The molecular weight excluding hydrogens is 312 g/mol. The average molecular weight is 332 g/mol. The number of pyridine rings is 1. The molecular formula is C17H20N2O3S. The lowest BCUT2D eigenvalue weighted by atomic mass is 10.3. The van der Waals surface area contributed by atoms with Crippen LogP contribution >= 0.6 is 11.8 Å². The molecule has 0 unspecified atom stereocenters. The number of carbonyl (C=O) groups is 1. The minimum Gasteiger partial charge on any atom is -0.491 e. The van der Waals surface area contributed by atoms with E-state index in [2.05, 4.69) is 5.32 Å². The summed E-state index contributed by atoms with van der Waals surface area (Å²) < 4.78 is 6.71. The number of thioether (sulfide) groups is 1. The van der Waals surface area contributed by atoms with Crippen molar-refractivity contribution in [2.24, 2.45) is 0 Å². The lowest BCUT2D eigenvalue weighted by Crippen LogP contribution is -2.30. The minimum absolute atomic E-state index is 0.0903. The van der Waals surface area contributed by atoms with E-state index in [9.17, 15) is 9.59 Å². The van der Waals surface area contributed by atoms with Crippen LogP contribution in [0.3, 0.4) is 0 Å². The van der Waals surface area contributed by atoms with Crippen molar-refractivity contribution in [3.8, 4) is 5.75 Å². The molecule has 1 heterocycles. The highest BCUT2D eigenvalue weighted by atomic mass is 32.2. The molecule has 0 radical (unpaired) electrons. The number of methoxy groups -OCH3 is 1. The highest BCUT2D eigenvalue weighted by molar-refractivity contribution is 7.99. The molecule has 0 saturated heterocycles. The van der Waals surface area contributed by atoms with Gasteiger partial charge in [0.05, 0.1) is 13.3 Å². The molecule has 1 amide bonds. The van der Waals surface area contributed by atoms with Crippen LogP contribution in [-0.2, 0) is 11.3 Å². The van der Waals surface area contributed by atoms with Gasteiger partial charge < -0.3 is 14.6 Å². The van der Waals surface area contributed by atoms with Crippen molar-refractivity contribution in [2.45, 2.75) is 18.4 Å². The second kappa shape index (κ2) is 8.43. The Kier molecular flexibility index (Phi) is 6.29. The van der Waals surface area contributed by atoms with E-state index in [0.29, 0.717) is 6.54 Å². The van der Waals surface area contributed by atoms with Gasteiger partial charge in [-0.05, 0) is 19.1 Å². The van der Waals surface area contributed by atoms with Crippen molar-refractivity contribution in [1.82, 2.24) is 9.88 Å². The smallest absolute Gasteiger partial charge is 0.239 e. The fourth-order valence-electron chi connectivity index (χ4n) is 2.06. The van der Waals surface area contributed by atoms with Crippen LogP contribution in [0.25, 0.3) is 0 Å². The van der Waals surface area contributed by atoms with E-state index in [0.717, 1.165) is 11.4 Å². The van der Waals surface area contributed by atoms with Gasteiger partial charge in [0.25, 0.3) is 0 Å². The van der Waals surface area contributed by atoms with E-state index in [1.807, 2.05) is 30.3 Å². The van der Waals surface area contributed by atoms with Gasteiger partial charge in [-0.15, -0.1) is 11.8 Å². The number of carbonyl (C=O) groups excluding carboxylic acids is 1. The van der Waals surface area contributed by atoms with Gasteiger partial charge in [0.1, 0.15) is 6.54 Å². The van der Waals surface area contributed by atoms with Crippen molar-refractivity contribution in [1.29, 1.82) is 0 Å². The number of nitrogens with one attached hydrogen (secondary N) is 1. The van der Waals surface area contributed by atoms with E-state index in [1.165, 1.54) is 18.1 Å². The number of hydrogen-bond donors (Lipinski definition) is 1. The van der Waals surface area contributed by atoms with E-state index < -0.39 is 0 Å². The van der Waals surface area contributed by atoms with Gasteiger partial charge in [-0.25, -0.2) is 0 Å². The van der Waals surface area contributed by atoms with Gasteiger partial charge in [-0.3, -0.25) is 9.59 Å². The Labute approximate surface area is 139 Å². The maximum atomic E-state index is 12.0. The molecule has 2 aromatic rings. The minimum atomic E-state index is -0.180. The summed E-state index contributed by atoms with van der Waals surface area (Å²) in [5.41, 5.74) is 0.547. The predicted octanol–water partition coefficient (Wildman–Crippen LogP) is 2.07. The summed E-state index contributed by atoms with van der Waals surface area (Å²) in [4.78, 5) is 24.8. The number of ether oxygens (including phenoxy) is 1. The fraction of sp³-hybridized carbons (Fsp3) is 0.294. The molecule has 0 atom stereocenters. The zero-order chi connectivity index (χ0) is 16.7. The topological polar surface area (TPSA) is 60.3 Å². The van der Waals surface area contributed by atoms with E-state index in [4.69, 9.17) is 4.74 Å². The Balaban J connectivity index is 1.82. The Morgan fingerprint density at radius 1 is 1.30 bits per heavy atom. The third kappa shape index (κ3) is 5.17. The molecule has 23 heavy (non-hydrogen) atoms. The third-order valence-corrected chi connectivity index (χ3v) is 4.29. The first-order valence-corrected chi connectivity index (χ1v) is 8.28. The number of aromatic nitrogens is 1. The zero-order valence-electron chi connectivity index (χ0n) is 13.2. The number of hydrogen-bond acceptors (Lipinski definition) is 4. The molecule has 1 aromatic carbocycles. The highest BCUT2D eigenvalue weighted by Crippen LogP contribution is 2.15. The van der Waals surface area contributed by atoms with Crippen LogP contribution in [0.5, 0.6) is 5.75 Å². The first-order chi connectivity index (χ1) is 11.1. The van der Waals surface area contributed by atoms with Crippen molar-refractivity contribution < 1.29 is 9.53 Å². The first-order valence-electron chi connectivity index (χ1n) is 7.30. The first kappa shape index (κ1) is 17.1. The average Bonchev–Trinajstić information content (AvgIpc) is 2.55. The number of aryl methyl sites for hydroxylation is 1. The third-order valence-electron chi connectivity index (χ3n) is 3.28. The Bertz CT molecular complexity index is 714. The maximum Gasteiger partial charge on any atom is 0.239 e. The summed E-state index contributed by atoms with van der Waals surface area (Å²) in [6.07, 6.45) is 1.57. The molecule has 0 aliphatic heterocycles. The second-order valence-electron chi connectivity index (χ2n) is 4.99. The summed E-state index contributed by atoms with van der Waals surface area (Å²) in [5, 5.41) is 2.88. The molecule has 1 aromatic heterocycles. The summed E-state index contributed by atoms with van der Waals surface area (Å²) >= 11 is 1.70. The molecule has 0 aliphatic carbocycles. The van der Waals surface area contributed by atoms with Gasteiger partial charge in [0, 0.05) is 29.0 Å². The highest BCUT2D eigenvalue weighted by Gasteiger charge is 2.07. The number of rotatable bonds is 7. The quantitative estimate of drug-likeness (QED) is 0.623. The molecule has 0 aliphatic rings. The summed E-state index contributed by atoms with van der Waals surface area (Å²) in [5.74, 6) is 0.956. The van der Waals surface area contributed by atoms with Gasteiger partial charge in [-0.2, -0.15) is 0 Å². The molecule has 0 fully saturated rings. The largest absolute Gasteiger partial charge is 0.491 e. The number of benzene rings is 1. The van der Waals surface area contributed by atoms with Crippen molar-refractivity contribution in [2.75, 3.05) is 19.4 Å². The summed E-state index contributed by atoms with van der Waals surface area (Å²) in [7, 11) is 1.44. The standard InChI is InChI=1S/C17H20N2O3S/c1-13-10-15(20)16(22-2)11-19(13)12-17(21)18-8-9-23-14-6-4-3-5-7-14/h3-7,10-11H,8-9,12H2,1-2H3,(H,18,21). The molecule has 2 rings (SSSR count). The zero-order valence-corrected chi connectivity index (χ0v) is 14.1. The Hall–Kier alpha value is -2.21. The van der Waals surface area contributed by atoms with E-state index >= 15 is 0 Å². The van der Waals surface area contributed by atoms with Crippen molar-refractivity contribution >= 4 is 17.7 Å². The predicted molar refractivity (Wildman–Crippen MR) is 92.2 cm³/mol. The molecule has 1 N–H and O–H groups in total.